The lowest BCUT2D eigenvalue weighted by Gasteiger charge is -2.36. The lowest BCUT2D eigenvalue weighted by Crippen LogP contribution is -2.50. The number of aromatic nitrogens is 2. The lowest BCUT2D eigenvalue weighted by molar-refractivity contribution is -0.133. The number of hydrogen-bond donors (Lipinski definition) is 0. The normalized spacial score (nSPS) is 14.1. The van der Waals surface area contributed by atoms with E-state index in [0.717, 1.165) is 18.7 Å². The number of carbonyl (C=O) groups is 1. The van der Waals surface area contributed by atoms with Gasteiger partial charge in [-0.25, -0.2) is 0 Å². The van der Waals surface area contributed by atoms with Crippen molar-refractivity contribution in [1.82, 2.24) is 15.1 Å². The summed E-state index contributed by atoms with van der Waals surface area (Å²) in [6.07, 6.45) is 0.704. The van der Waals surface area contributed by atoms with Crippen LogP contribution in [0.25, 0.3) is 11.5 Å². The standard InChI is InChI=1S/C22H24N4O3/c1-2-20-23-24-22(29-20)17-8-10-19(11-9-17)28-16-21(27)26-14-12-25(13-15-26)18-6-4-3-5-7-18/h3-11H,2,12-16H2,1H3. The highest BCUT2D eigenvalue weighted by atomic mass is 16.5. The number of nitrogens with zero attached hydrogens (tertiary/aromatic N) is 4. The van der Waals surface area contributed by atoms with Gasteiger partial charge in [0.2, 0.25) is 11.8 Å². The number of aryl methyl sites for hydroxylation is 1. The van der Waals surface area contributed by atoms with Crippen LogP contribution in [0.3, 0.4) is 0 Å². The summed E-state index contributed by atoms with van der Waals surface area (Å²) in [6, 6.07) is 17.6. The Morgan fingerprint density at radius 2 is 1.72 bits per heavy atom. The molecule has 1 saturated heterocycles. The van der Waals surface area contributed by atoms with Crippen LogP contribution in [0.5, 0.6) is 5.75 Å². The molecule has 7 nitrogen and oxygen atoms in total. The van der Waals surface area contributed by atoms with Crippen LogP contribution in [0.15, 0.2) is 59.0 Å². The van der Waals surface area contributed by atoms with Crippen LogP contribution in [0.4, 0.5) is 5.69 Å². The van der Waals surface area contributed by atoms with Crippen molar-refractivity contribution in [2.24, 2.45) is 0 Å². The number of rotatable bonds is 6. The van der Waals surface area contributed by atoms with Gasteiger partial charge in [0.25, 0.3) is 5.91 Å². The molecular weight excluding hydrogens is 368 g/mol. The van der Waals surface area contributed by atoms with Crippen LogP contribution in [0.2, 0.25) is 0 Å². The van der Waals surface area contributed by atoms with Crippen molar-refractivity contribution >= 4 is 11.6 Å². The Balaban J connectivity index is 1.26. The third-order valence-electron chi connectivity index (χ3n) is 4.99. The second kappa shape index (κ2) is 8.77. The first-order valence-corrected chi connectivity index (χ1v) is 9.86. The summed E-state index contributed by atoms with van der Waals surface area (Å²) >= 11 is 0. The Kier molecular flexibility index (Phi) is 5.74. The maximum Gasteiger partial charge on any atom is 0.260 e. The minimum absolute atomic E-state index is 0.00581. The molecule has 0 saturated carbocycles. The topological polar surface area (TPSA) is 71.7 Å². The maximum absolute atomic E-state index is 12.5. The van der Waals surface area contributed by atoms with Gasteiger partial charge >= 0.3 is 0 Å². The van der Waals surface area contributed by atoms with Crippen LogP contribution in [-0.2, 0) is 11.2 Å². The van der Waals surface area contributed by atoms with Gasteiger partial charge in [0.1, 0.15) is 5.75 Å². The molecule has 0 unspecified atom stereocenters. The highest BCUT2D eigenvalue weighted by Gasteiger charge is 2.21. The van der Waals surface area contributed by atoms with Gasteiger partial charge in [-0.2, -0.15) is 0 Å². The van der Waals surface area contributed by atoms with Gasteiger partial charge in [-0.05, 0) is 36.4 Å². The molecule has 0 radical (unpaired) electrons. The molecule has 0 atom stereocenters. The summed E-state index contributed by atoms with van der Waals surface area (Å²) in [5.74, 6) is 1.74. The first-order valence-electron chi connectivity index (χ1n) is 9.86. The Morgan fingerprint density at radius 1 is 1.00 bits per heavy atom. The zero-order chi connectivity index (χ0) is 20.1. The Morgan fingerprint density at radius 3 is 2.38 bits per heavy atom. The molecule has 1 fully saturated rings. The van der Waals surface area contributed by atoms with E-state index in [2.05, 4.69) is 27.2 Å². The van der Waals surface area contributed by atoms with Crippen molar-refractivity contribution in [3.05, 3.63) is 60.5 Å². The molecule has 3 aromatic rings. The van der Waals surface area contributed by atoms with Crippen molar-refractivity contribution in [1.29, 1.82) is 0 Å². The van der Waals surface area contributed by atoms with Crippen molar-refractivity contribution < 1.29 is 13.9 Å². The number of piperazine rings is 1. The van der Waals surface area contributed by atoms with Gasteiger partial charge in [-0.1, -0.05) is 25.1 Å². The summed E-state index contributed by atoms with van der Waals surface area (Å²) in [7, 11) is 0. The predicted octanol–water partition coefficient (Wildman–Crippen LogP) is 3.03. The van der Waals surface area contributed by atoms with Crippen molar-refractivity contribution in [2.45, 2.75) is 13.3 Å². The molecule has 2 heterocycles. The molecule has 150 valence electrons. The number of benzene rings is 2. The molecule has 1 aliphatic heterocycles. The average molecular weight is 392 g/mol. The van der Waals surface area contributed by atoms with E-state index in [1.54, 1.807) is 0 Å². The zero-order valence-corrected chi connectivity index (χ0v) is 16.5. The van der Waals surface area contributed by atoms with Gasteiger partial charge in [-0.15, -0.1) is 10.2 Å². The molecule has 0 spiro atoms. The second-order valence-corrected chi connectivity index (χ2v) is 6.87. The molecule has 1 amide bonds. The fourth-order valence-corrected chi connectivity index (χ4v) is 3.30. The summed E-state index contributed by atoms with van der Waals surface area (Å²) < 4.78 is 11.2. The summed E-state index contributed by atoms with van der Waals surface area (Å²) in [5.41, 5.74) is 2.02. The van der Waals surface area contributed by atoms with Gasteiger partial charge in [0.05, 0.1) is 0 Å². The van der Waals surface area contributed by atoms with Gasteiger partial charge in [0.15, 0.2) is 6.61 Å². The lowest BCUT2D eigenvalue weighted by atomic mass is 10.2. The molecule has 2 aromatic carbocycles. The average Bonchev–Trinajstić information content (AvgIpc) is 3.28. The number of carbonyl (C=O) groups excluding carboxylic acids is 1. The molecule has 7 heteroatoms. The van der Waals surface area contributed by atoms with Crippen molar-refractivity contribution in [3.63, 3.8) is 0 Å². The molecule has 1 aliphatic rings. The highest BCUT2D eigenvalue weighted by molar-refractivity contribution is 5.78. The predicted molar refractivity (Wildman–Crippen MR) is 110 cm³/mol. The fourth-order valence-electron chi connectivity index (χ4n) is 3.30. The summed E-state index contributed by atoms with van der Waals surface area (Å²) in [5, 5.41) is 8.00. The second-order valence-electron chi connectivity index (χ2n) is 6.87. The molecule has 0 bridgehead atoms. The smallest absolute Gasteiger partial charge is 0.260 e. The number of ether oxygens (including phenoxy) is 1. The largest absolute Gasteiger partial charge is 0.484 e. The Labute approximate surface area is 169 Å². The number of hydrogen-bond acceptors (Lipinski definition) is 6. The van der Waals surface area contributed by atoms with E-state index >= 15 is 0 Å². The number of anilines is 1. The van der Waals surface area contributed by atoms with Crippen LogP contribution in [0.1, 0.15) is 12.8 Å². The Bertz CT molecular complexity index is 932. The van der Waals surface area contributed by atoms with E-state index in [4.69, 9.17) is 9.15 Å². The molecule has 0 N–H and O–H groups in total. The van der Waals surface area contributed by atoms with Gasteiger partial charge < -0.3 is 19.0 Å². The molecule has 29 heavy (non-hydrogen) atoms. The quantitative estimate of drug-likeness (QED) is 0.642. The van der Waals surface area contributed by atoms with Crippen LogP contribution in [0, 0.1) is 0 Å². The molecule has 0 aliphatic carbocycles. The molecular formula is C22H24N4O3. The monoisotopic (exact) mass is 392 g/mol. The fraction of sp³-hybridized carbons (Fsp3) is 0.318. The van der Waals surface area contributed by atoms with E-state index in [-0.39, 0.29) is 12.5 Å². The first-order chi connectivity index (χ1) is 14.2. The summed E-state index contributed by atoms with van der Waals surface area (Å²) in [4.78, 5) is 16.6. The van der Waals surface area contributed by atoms with E-state index < -0.39 is 0 Å². The molecule has 1 aromatic heterocycles. The third kappa shape index (κ3) is 4.56. The van der Waals surface area contributed by atoms with Gasteiger partial charge in [0, 0.05) is 43.9 Å². The molecule has 4 rings (SSSR count). The number of para-hydroxylation sites is 1. The SMILES string of the molecule is CCc1nnc(-c2ccc(OCC(=O)N3CCN(c4ccccc4)CC3)cc2)o1. The first kappa shape index (κ1) is 19.0. The van der Waals surface area contributed by atoms with Crippen LogP contribution in [-0.4, -0.2) is 53.8 Å². The van der Waals surface area contributed by atoms with Crippen molar-refractivity contribution in [2.75, 3.05) is 37.7 Å². The van der Waals surface area contributed by atoms with E-state index in [9.17, 15) is 4.79 Å². The Hall–Kier alpha value is -3.35. The minimum Gasteiger partial charge on any atom is -0.484 e. The summed E-state index contributed by atoms with van der Waals surface area (Å²) in [6.45, 7) is 5.06. The maximum atomic E-state index is 12.5. The number of amides is 1. The van der Waals surface area contributed by atoms with Crippen LogP contribution >= 0.6 is 0 Å². The third-order valence-corrected chi connectivity index (χ3v) is 4.99. The zero-order valence-electron chi connectivity index (χ0n) is 16.5. The minimum atomic E-state index is 0.00581. The highest BCUT2D eigenvalue weighted by Crippen LogP contribution is 2.22. The van der Waals surface area contributed by atoms with Crippen LogP contribution < -0.4 is 9.64 Å². The van der Waals surface area contributed by atoms with Gasteiger partial charge in [-0.3, -0.25) is 4.79 Å². The van der Waals surface area contributed by atoms with Crippen molar-refractivity contribution in [3.8, 4) is 17.2 Å². The van der Waals surface area contributed by atoms with E-state index in [1.807, 2.05) is 54.3 Å². The van der Waals surface area contributed by atoms with E-state index in [1.165, 1.54) is 5.69 Å². The van der Waals surface area contributed by atoms with E-state index in [0.29, 0.717) is 37.0 Å².